The topological polar surface area (TPSA) is 106 Å². The molecular formula is C37H40F4N4O4. The summed E-state index contributed by atoms with van der Waals surface area (Å²) in [7, 11) is 0. The number of rotatable bonds is 12. The van der Waals surface area contributed by atoms with E-state index in [0.29, 0.717) is 11.6 Å². The number of pyridine rings is 1. The second-order valence-corrected chi connectivity index (χ2v) is 13.3. The molecule has 2 heterocycles. The van der Waals surface area contributed by atoms with Gasteiger partial charge in [0.2, 0.25) is 5.91 Å². The van der Waals surface area contributed by atoms with Crippen LogP contribution in [0.3, 0.4) is 0 Å². The van der Waals surface area contributed by atoms with Crippen LogP contribution in [0, 0.1) is 25.6 Å². The Kier molecular flexibility index (Phi) is 10.4. The average Bonchev–Trinajstić information content (AvgIpc) is 3.70. The lowest BCUT2D eigenvalue weighted by atomic mass is 9.87. The van der Waals surface area contributed by atoms with E-state index in [4.69, 9.17) is 0 Å². The highest BCUT2D eigenvalue weighted by Crippen LogP contribution is 2.39. The van der Waals surface area contributed by atoms with Gasteiger partial charge in [0.05, 0.1) is 18.0 Å². The fraction of sp³-hybridized carbons (Fsp3) is 0.405. The Balaban J connectivity index is 1.56. The molecule has 49 heavy (non-hydrogen) atoms. The van der Waals surface area contributed by atoms with Crippen molar-refractivity contribution in [1.29, 1.82) is 0 Å². The van der Waals surface area contributed by atoms with E-state index >= 15 is 0 Å². The molecule has 8 nitrogen and oxygen atoms in total. The summed E-state index contributed by atoms with van der Waals surface area (Å²) in [5, 5.41) is 16.8. The molecule has 0 unspecified atom stereocenters. The zero-order chi connectivity index (χ0) is 35.6. The van der Waals surface area contributed by atoms with Gasteiger partial charge in [0, 0.05) is 31.2 Å². The number of hydrogen-bond donors (Lipinski definition) is 2. The number of carbonyl (C=O) groups is 2. The van der Waals surface area contributed by atoms with Crippen molar-refractivity contribution in [3.8, 4) is 11.1 Å². The zero-order valence-corrected chi connectivity index (χ0v) is 27.9. The second kappa shape index (κ2) is 14.4. The molecule has 2 atom stereocenters. The first-order chi connectivity index (χ1) is 23.1. The van der Waals surface area contributed by atoms with Crippen molar-refractivity contribution in [3.63, 3.8) is 0 Å². The van der Waals surface area contributed by atoms with Crippen molar-refractivity contribution in [2.45, 2.75) is 91.0 Å². The molecular weight excluding hydrogens is 640 g/mol. The summed E-state index contributed by atoms with van der Waals surface area (Å²) >= 11 is 0. The molecule has 4 aromatic rings. The molecule has 2 aromatic heterocycles. The van der Waals surface area contributed by atoms with Gasteiger partial charge in [0.15, 0.2) is 0 Å². The molecule has 260 valence electrons. The number of aliphatic carboxylic acids is 1. The van der Waals surface area contributed by atoms with E-state index in [2.05, 4.69) is 10.4 Å². The van der Waals surface area contributed by atoms with Crippen LogP contribution in [0.2, 0.25) is 0 Å². The van der Waals surface area contributed by atoms with Crippen LogP contribution < -0.4 is 10.9 Å². The Labute approximate surface area is 281 Å². The SMILES string of the molecule is Cc1cc(F)cc(C)c1-c1cc([C@@H](CC(=O)O)NC(=O)[C@H](CC(C)C)n2cc(CCn3cccn3)c(C(F)(F)F)cc2=O)cc2c1CCC2. The number of aryl methyl sites for hydroxylation is 5. The highest BCUT2D eigenvalue weighted by Gasteiger charge is 2.36. The summed E-state index contributed by atoms with van der Waals surface area (Å²) in [6.45, 7) is 7.39. The van der Waals surface area contributed by atoms with Gasteiger partial charge in [-0.15, -0.1) is 0 Å². The van der Waals surface area contributed by atoms with Crippen LogP contribution >= 0.6 is 0 Å². The normalized spacial score (nSPS) is 14.1. The quantitative estimate of drug-likeness (QED) is 0.155. The van der Waals surface area contributed by atoms with Crippen LogP contribution in [0.1, 0.15) is 84.1 Å². The van der Waals surface area contributed by atoms with Gasteiger partial charge in [-0.05, 0) is 121 Å². The number of amides is 1. The van der Waals surface area contributed by atoms with Gasteiger partial charge >= 0.3 is 12.1 Å². The number of carbonyl (C=O) groups excluding carboxylic acids is 1. The number of fused-ring (bicyclic) bond motifs is 1. The molecule has 0 bridgehead atoms. The zero-order valence-electron chi connectivity index (χ0n) is 27.9. The molecule has 0 saturated carbocycles. The van der Waals surface area contributed by atoms with Gasteiger partial charge in [-0.2, -0.15) is 18.3 Å². The van der Waals surface area contributed by atoms with Crippen molar-refractivity contribution in [2.75, 3.05) is 0 Å². The number of alkyl halides is 3. The second-order valence-electron chi connectivity index (χ2n) is 13.3. The molecule has 0 radical (unpaired) electrons. The van der Waals surface area contributed by atoms with Crippen LogP contribution in [0.5, 0.6) is 0 Å². The summed E-state index contributed by atoms with van der Waals surface area (Å²) in [4.78, 5) is 39.6. The number of benzene rings is 2. The Morgan fingerprint density at radius 2 is 1.78 bits per heavy atom. The summed E-state index contributed by atoms with van der Waals surface area (Å²) in [5.41, 5.74) is 3.56. The molecule has 5 rings (SSSR count). The third-order valence-electron chi connectivity index (χ3n) is 9.07. The van der Waals surface area contributed by atoms with Crippen molar-refractivity contribution < 1.29 is 32.3 Å². The van der Waals surface area contributed by atoms with Crippen LogP contribution in [0.25, 0.3) is 11.1 Å². The summed E-state index contributed by atoms with van der Waals surface area (Å²) in [5.74, 6) is -2.36. The summed E-state index contributed by atoms with van der Waals surface area (Å²) < 4.78 is 59.0. The minimum Gasteiger partial charge on any atom is -0.481 e. The summed E-state index contributed by atoms with van der Waals surface area (Å²) in [6.07, 6.45) is 1.39. The Morgan fingerprint density at radius 3 is 2.39 bits per heavy atom. The number of carboxylic acids is 1. The highest BCUT2D eigenvalue weighted by atomic mass is 19.4. The van der Waals surface area contributed by atoms with Gasteiger partial charge in [0.1, 0.15) is 11.9 Å². The van der Waals surface area contributed by atoms with E-state index < -0.39 is 47.7 Å². The Bertz CT molecular complexity index is 1890. The third kappa shape index (κ3) is 8.12. The van der Waals surface area contributed by atoms with Crippen molar-refractivity contribution >= 4 is 11.9 Å². The first-order valence-corrected chi connectivity index (χ1v) is 16.4. The number of nitrogens with one attached hydrogen (secondary N) is 1. The van der Waals surface area contributed by atoms with E-state index in [1.165, 1.54) is 23.0 Å². The van der Waals surface area contributed by atoms with Crippen LogP contribution in [-0.2, 0) is 41.6 Å². The first-order valence-electron chi connectivity index (χ1n) is 16.4. The van der Waals surface area contributed by atoms with Gasteiger partial charge in [-0.25, -0.2) is 4.39 Å². The van der Waals surface area contributed by atoms with Gasteiger partial charge in [0.25, 0.3) is 5.56 Å². The smallest absolute Gasteiger partial charge is 0.416 e. The Hall–Kier alpha value is -4.74. The minimum atomic E-state index is -4.80. The maximum atomic E-state index is 14.2. The Morgan fingerprint density at radius 1 is 1.06 bits per heavy atom. The van der Waals surface area contributed by atoms with E-state index in [9.17, 15) is 37.1 Å². The molecule has 0 spiro atoms. The molecule has 12 heteroatoms. The molecule has 0 fully saturated rings. The van der Waals surface area contributed by atoms with Gasteiger partial charge in [-0.1, -0.05) is 19.9 Å². The lowest BCUT2D eigenvalue weighted by molar-refractivity contribution is -0.139. The maximum absolute atomic E-state index is 14.2. The van der Waals surface area contributed by atoms with Gasteiger partial charge in [-0.3, -0.25) is 19.1 Å². The van der Waals surface area contributed by atoms with Gasteiger partial charge < -0.3 is 15.0 Å². The van der Waals surface area contributed by atoms with Crippen LogP contribution in [0.15, 0.2) is 59.8 Å². The number of hydrogen-bond acceptors (Lipinski definition) is 4. The predicted octanol–water partition coefficient (Wildman–Crippen LogP) is 7.14. The van der Waals surface area contributed by atoms with Crippen molar-refractivity contribution in [2.24, 2.45) is 5.92 Å². The largest absolute Gasteiger partial charge is 0.481 e. The molecule has 0 aliphatic heterocycles. The minimum absolute atomic E-state index is 0.103. The van der Waals surface area contributed by atoms with E-state index in [0.717, 1.165) is 63.4 Å². The molecule has 0 saturated heterocycles. The molecule has 2 aromatic carbocycles. The number of aromatic nitrogens is 3. The number of carboxylic acid groups (broad SMARTS) is 1. The highest BCUT2D eigenvalue weighted by molar-refractivity contribution is 5.82. The molecule has 1 aliphatic carbocycles. The van der Waals surface area contributed by atoms with E-state index in [-0.39, 0.29) is 36.7 Å². The van der Waals surface area contributed by atoms with Crippen LogP contribution in [0.4, 0.5) is 17.6 Å². The number of nitrogens with zero attached hydrogens (tertiary/aromatic N) is 3. The first kappa shape index (κ1) is 35.6. The lowest BCUT2D eigenvalue weighted by Crippen LogP contribution is -2.40. The maximum Gasteiger partial charge on any atom is 0.416 e. The molecule has 1 aliphatic rings. The van der Waals surface area contributed by atoms with Crippen molar-refractivity contribution in [1.82, 2.24) is 19.7 Å². The lowest BCUT2D eigenvalue weighted by Gasteiger charge is -2.27. The van der Waals surface area contributed by atoms with Crippen molar-refractivity contribution in [3.05, 3.63) is 110 Å². The standard InChI is InChI=1S/C37H40F4N4O4/c1-21(2)13-32(45-20-25(9-12-44-11-6-10-42-44)30(18-33(45)46)37(39,40)41)36(49)43-31(19-34(47)48)26-16-24-7-5-8-28(24)29(17-26)35-22(3)14-27(38)15-23(35)4/h6,10-11,14-18,20-21,31-32H,5,7-9,12-13,19H2,1-4H3,(H,43,49)(H,47,48)/t31-,32+/m1/s1. The molecule has 1 amide bonds. The average molecular weight is 681 g/mol. The number of halogens is 4. The third-order valence-corrected chi connectivity index (χ3v) is 9.07. The van der Waals surface area contributed by atoms with Crippen LogP contribution in [-0.4, -0.2) is 31.3 Å². The fourth-order valence-corrected chi connectivity index (χ4v) is 6.94. The van der Waals surface area contributed by atoms with E-state index in [1.807, 2.05) is 39.8 Å². The molecule has 2 N–H and O–H groups in total. The summed E-state index contributed by atoms with van der Waals surface area (Å²) in [6, 6.07) is 6.58. The fourth-order valence-electron chi connectivity index (χ4n) is 6.94. The predicted molar refractivity (Wildman–Crippen MR) is 177 cm³/mol. The van der Waals surface area contributed by atoms with E-state index in [1.54, 1.807) is 12.3 Å². The monoisotopic (exact) mass is 680 g/mol.